The topological polar surface area (TPSA) is 64.7 Å². The highest BCUT2D eigenvalue weighted by molar-refractivity contribution is 7.98. The maximum Gasteiger partial charge on any atom is 0.313 e. The molecule has 6 nitrogen and oxygen atoms in total. The molecule has 2 aromatic rings. The summed E-state index contributed by atoms with van der Waals surface area (Å²) in [5.41, 5.74) is 4.51. The molecule has 32 heavy (non-hydrogen) atoms. The van der Waals surface area contributed by atoms with Gasteiger partial charge in [0.1, 0.15) is 0 Å². The van der Waals surface area contributed by atoms with Gasteiger partial charge in [0.15, 0.2) is 0 Å². The van der Waals surface area contributed by atoms with Gasteiger partial charge in [0.2, 0.25) is 0 Å². The molecule has 2 amide bonds. The van der Waals surface area contributed by atoms with E-state index in [1.165, 1.54) is 36.1 Å². The van der Waals surface area contributed by atoms with E-state index in [-0.39, 0.29) is 6.04 Å². The van der Waals surface area contributed by atoms with E-state index in [1.807, 2.05) is 24.5 Å². The van der Waals surface area contributed by atoms with Crippen molar-refractivity contribution in [1.29, 1.82) is 0 Å². The zero-order chi connectivity index (χ0) is 22.5. The number of amides is 2. The van der Waals surface area contributed by atoms with Gasteiger partial charge in [-0.3, -0.25) is 14.5 Å². The van der Waals surface area contributed by atoms with Crippen molar-refractivity contribution in [3.63, 3.8) is 0 Å². The molecule has 2 aliphatic heterocycles. The fourth-order valence-electron chi connectivity index (χ4n) is 4.64. The number of hydrogen-bond donors (Lipinski definition) is 2. The van der Waals surface area contributed by atoms with Crippen molar-refractivity contribution in [2.75, 3.05) is 49.7 Å². The van der Waals surface area contributed by atoms with Crippen LogP contribution in [0.15, 0.2) is 47.4 Å². The smallest absolute Gasteiger partial charge is 0.313 e. The van der Waals surface area contributed by atoms with Gasteiger partial charge in [-0.25, -0.2) is 0 Å². The van der Waals surface area contributed by atoms with Crippen LogP contribution >= 0.6 is 11.8 Å². The number of anilines is 2. The lowest BCUT2D eigenvalue weighted by atomic mass is 9.98. The van der Waals surface area contributed by atoms with Gasteiger partial charge in [0.05, 0.1) is 6.04 Å². The minimum absolute atomic E-state index is 0.0723. The lowest BCUT2D eigenvalue weighted by molar-refractivity contribution is -0.136. The number of carbonyl (C=O) groups is 2. The first kappa shape index (κ1) is 22.7. The molecule has 2 aromatic carbocycles. The van der Waals surface area contributed by atoms with Gasteiger partial charge in [-0.1, -0.05) is 24.6 Å². The molecule has 1 saturated heterocycles. The van der Waals surface area contributed by atoms with Crippen LogP contribution < -0.4 is 15.5 Å². The van der Waals surface area contributed by atoms with E-state index in [2.05, 4.69) is 45.7 Å². The highest BCUT2D eigenvalue weighted by Crippen LogP contribution is 2.32. The number of hydrogen-bond acceptors (Lipinski definition) is 5. The molecule has 2 N–H and O–H groups in total. The molecule has 0 saturated carbocycles. The normalized spacial score (nSPS) is 17.0. The summed E-state index contributed by atoms with van der Waals surface area (Å²) < 4.78 is 0. The predicted octanol–water partition coefficient (Wildman–Crippen LogP) is 3.68. The van der Waals surface area contributed by atoms with Crippen molar-refractivity contribution in [3.8, 4) is 0 Å². The fourth-order valence-corrected chi connectivity index (χ4v) is 5.10. The van der Waals surface area contributed by atoms with Gasteiger partial charge in [-0.15, -0.1) is 11.8 Å². The summed E-state index contributed by atoms with van der Waals surface area (Å²) in [7, 11) is 2.13. The van der Waals surface area contributed by atoms with E-state index in [0.29, 0.717) is 12.2 Å². The number of nitrogens with zero attached hydrogens (tertiary/aromatic N) is 2. The molecule has 1 fully saturated rings. The van der Waals surface area contributed by atoms with Crippen molar-refractivity contribution in [1.82, 2.24) is 10.2 Å². The third kappa shape index (κ3) is 5.27. The maximum atomic E-state index is 12.6. The molecule has 0 bridgehead atoms. The SMILES string of the molecule is CSc1cccc(NC(=O)C(=O)NC[C@@H](c2ccc3c(c2)CCN3C)N2CCCCC2)c1. The first-order valence-corrected chi connectivity index (χ1v) is 12.6. The van der Waals surface area contributed by atoms with E-state index in [4.69, 9.17) is 0 Å². The van der Waals surface area contributed by atoms with Crippen molar-refractivity contribution in [3.05, 3.63) is 53.6 Å². The predicted molar refractivity (Wildman–Crippen MR) is 131 cm³/mol. The van der Waals surface area contributed by atoms with Crippen molar-refractivity contribution in [2.45, 2.75) is 36.6 Å². The summed E-state index contributed by atoms with van der Waals surface area (Å²) >= 11 is 1.59. The van der Waals surface area contributed by atoms with Crippen LogP contribution in [0.5, 0.6) is 0 Å². The maximum absolute atomic E-state index is 12.6. The van der Waals surface area contributed by atoms with Crippen LogP contribution in [0.25, 0.3) is 0 Å². The Morgan fingerprint density at radius 3 is 2.62 bits per heavy atom. The minimum atomic E-state index is -0.628. The molecule has 2 aliphatic rings. The molecular formula is C25H32N4O2S. The number of piperidine rings is 1. The molecular weight excluding hydrogens is 420 g/mol. The number of likely N-dealkylation sites (N-methyl/N-ethyl adjacent to an activating group) is 1. The largest absolute Gasteiger partial charge is 0.374 e. The summed E-state index contributed by atoms with van der Waals surface area (Å²) in [6.45, 7) is 3.50. The molecule has 1 atom stereocenters. The lowest BCUT2D eigenvalue weighted by Gasteiger charge is -2.35. The van der Waals surface area contributed by atoms with E-state index < -0.39 is 11.8 Å². The van der Waals surface area contributed by atoms with Crippen molar-refractivity contribution >= 4 is 35.0 Å². The van der Waals surface area contributed by atoms with E-state index >= 15 is 0 Å². The van der Waals surface area contributed by atoms with Crippen LogP contribution in [0, 0.1) is 0 Å². The Morgan fingerprint density at radius 1 is 1.03 bits per heavy atom. The van der Waals surface area contributed by atoms with Gasteiger partial charge in [0.25, 0.3) is 0 Å². The van der Waals surface area contributed by atoms with Gasteiger partial charge in [0, 0.05) is 36.4 Å². The standard InChI is InChI=1S/C25H32N4O2S/c1-28-14-11-19-15-18(9-10-22(19)28)23(29-12-4-3-5-13-29)17-26-24(30)25(31)27-20-7-6-8-21(16-20)32-2/h6-10,15-16,23H,3-5,11-14,17H2,1-2H3,(H,26,30)(H,27,31)/t23-/m0/s1. The van der Waals surface area contributed by atoms with Crippen molar-refractivity contribution in [2.24, 2.45) is 0 Å². The third-order valence-electron chi connectivity index (χ3n) is 6.44. The van der Waals surface area contributed by atoms with E-state index in [1.54, 1.807) is 17.8 Å². The Labute approximate surface area is 194 Å². The first-order chi connectivity index (χ1) is 15.5. The van der Waals surface area contributed by atoms with E-state index in [9.17, 15) is 9.59 Å². The Kier molecular flexibility index (Phi) is 7.37. The molecule has 4 rings (SSSR count). The zero-order valence-corrected chi connectivity index (χ0v) is 19.7. The van der Waals surface area contributed by atoms with Crippen LogP contribution in [0.2, 0.25) is 0 Å². The number of nitrogens with one attached hydrogen (secondary N) is 2. The zero-order valence-electron chi connectivity index (χ0n) is 18.9. The molecule has 2 heterocycles. The van der Waals surface area contributed by atoms with Crippen LogP contribution in [0.4, 0.5) is 11.4 Å². The average molecular weight is 453 g/mol. The number of thioether (sulfide) groups is 1. The average Bonchev–Trinajstić information content (AvgIpc) is 3.20. The Morgan fingerprint density at radius 2 is 1.84 bits per heavy atom. The molecule has 0 radical (unpaired) electrons. The summed E-state index contributed by atoms with van der Waals surface area (Å²) in [5, 5.41) is 5.61. The Balaban J connectivity index is 1.44. The quantitative estimate of drug-likeness (QED) is 0.517. The molecule has 0 spiro atoms. The molecule has 0 unspecified atom stereocenters. The highest BCUT2D eigenvalue weighted by Gasteiger charge is 2.26. The number of rotatable bonds is 6. The number of benzene rings is 2. The number of fused-ring (bicyclic) bond motifs is 1. The Hall–Kier alpha value is -2.51. The van der Waals surface area contributed by atoms with Gasteiger partial charge < -0.3 is 15.5 Å². The van der Waals surface area contributed by atoms with Crippen LogP contribution in [-0.2, 0) is 16.0 Å². The minimum Gasteiger partial charge on any atom is -0.374 e. The van der Waals surface area contributed by atoms with Gasteiger partial charge in [-0.05, 0) is 74.0 Å². The summed E-state index contributed by atoms with van der Waals surface area (Å²) in [6.07, 6.45) is 6.62. The van der Waals surface area contributed by atoms with Gasteiger partial charge >= 0.3 is 11.8 Å². The number of carbonyl (C=O) groups excluding carboxylic acids is 2. The van der Waals surface area contributed by atoms with Crippen molar-refractivity contribution < 1.29 is 9.59 Å². The highest BCUT2D eigenvalue weighted by atomic mass is 32.2. The summed E-state index contributed by atoms with van der Waals surface area (Å²) in [4.78, 5) is 30.8. The number of likely N-dealkylation sites (tertiary alicyclic amines) is 1. The third-order valence-corrected chi connectivity index (χ3v) is 7.16. The fraction of sp³-hybridized carbons (Fsp3) is 0.440. The van der Waals surface area contributed by atoms with Crippen LogP contribution in [-0.4, -0.2) is 56.2 Å². The van der Waals surface area contributed by atoms with Crippen LogP contribution in [0.3, 0.4) is 0 Å². The second-order valence-electron chi connectivity index (χ2n) is 8.57. The monoisotopic (exact) mass is 452 g/mol. The first-order valence-electron chi connectivity index (χ1n) is 11.4. The molecule has 170 valence electrons. The molecule has 0 aromatic heterocycles. The molecule has 7 heteroatoms. The second kappa shape index (κ2) is 10.4. The Bertz CT molecular complexity index is 974. The lowest BCUT2D eigenvalue weighted by Crippen LogP contribution is -2.43. The van der Waals surface area contributed by atoms with Crippen LogP contribution in [0.1, 0.15) is 36.4 Å². The van der Waals surface area contributed by atoms with Gasteiger partial charge in [-0.2, -0.15) is 0 Å². The van der Waals surface area contributed by atoms with E-state index in [0.717, 1.165) is 31.0 Å². The molecule has 0 aliphatic carbocycles. The summed E-state index contributed by atoms with van der Waals surface area (Å²) in [6, 6.07) is 14.2. The summed E-state index contributed by atoms with van der Waals surface area (Å²) in [5.74, 6) is -1.22. The second-order valence-corrected chi connectivity index (χ2v) is 9.45.